The molecule has 1 atom stereocenters. The Bertz CT molecular complexity index is 811. The molecule has 1 fully saturated rings. The number of hydrogen-bond acceptors (Lipinski definition) is 5. The Hall–Kier alpha value is -2.02. The first-order valence-electron chi connectivity index (χ1n) is 11.2. The van der Waals surface area contributed by atoms with Crippen molar-refractivity contribution < 1.29 is 14.4 Å². The van der Waals surface area contributed by atoms with Crippen LogP contribution in [0.15, 0.2) is 0 Å². The molecule has 1 aromatic rings. The van der Waals surface area contributed by atoms with Crippen molar-refractivity contribution in [1.29, 1.82) is 0 Å². The van der Waals surface area contributed by atoms with Crippen LogP contribution in [0.25, 0.3) is 0 Å². The van der Waals surface area contributed by atoms with Gasteiger partial charge in [-0.1, -0.05) is 20.8 Å². The lowest BCUT2D eigenvalue weighted by atomic mass is 9.77. The number of ketones is 2. The predicted octanol–water partition coefficient (Wildman–Crippen LogP) is 2.93. The third kappa shape index (κ3) is 4.82. The van der Waals surface area contributed by atoms with Gasteiger partial charge in [-0.15, -0.1) is 0 Å². The summed E-state index contributed by atoms with van der Waals surface area (Å²) in [5.41, 5.74) is 1.17. The van der Waals surface area contributed by atoms with Crippen molar-refractivity contribution in [2.75, 3.05) is 20.6 Å². The van der Waals surface area contributed by atoms with E-state index < -0.39 is 5.92 Å². The minimum absolute atomic E-state index is 0.0595. The minimum atomic E-state index is -0.411. The van der Waals surface area contributed by atoms with Gasteiger partial charge in [0.1, 0.15) is 17.3 Å². The minimum Gasteiger partial charge on any atom is -0.359 e. The van der Waals surface area contributed by atoms with Gasteiger partial charge in [0.15, 0.2) is 5.78 Å². The summed E-state index contributed by atoms with van der Waals surface area (Å²) in [6, 6.07) is 0. The topological polar surface area (TPSA) is 84.3 Å². The largest absolute Gasteiger partial charge is 0.359 e. The molecule has 1 saturated carbocycles. The van der Waals surface area contributed by atoms with Crippen LogP contribution in [0.4, 0.5) is 0 Å². The van der Waals surface area contributed by atoms with Crippen LogP contribution in [0, 0.1) is 11.3 Å². The number of nitrogens with one attached hydrogen (secondary N) is 1. The summed E-state index contributed by atoms with van der Waals surface area (Å²) in [6.45, 7) is 8.48. The molecule has 0 bridgehead atoms. The lowest BCUT2D eigenvalue weighted by molar-refractivity contribution is -0.127. The zero-order valence-corrected chi connectivity index (χ0v) is 19.1. The van der Waals surface area contributed by atoms with Gasteiger partial charge < -0.3 is 14.8 Å². The van der Waals surface area contributed by atoms with E-state index in [4.69, 9.17) is 4.98 Å². The number of amides is 1. The van der Waals surface area contributed by atoms with E-state index in [9.17, 15) is 14.4 Å². The molecule has 0 aromatic carbocycles. The standard InChI is InChI=1S/C23H36N4O3/c1-23(2,3)17(22(30)24-4)13-19(29)20-18-14-26(5)11-6-12-27(18)21(25-20)15-7-9-16(28)10-8-15/h15,17H,6-14H2,1-5H3,(H,24,30)/t17-/m1/s1. The van der Waals surface area contributed by atoms with Crippen molar-refractivity contribution in [1.82, 2.24) is 19.8 Å². The highest BCUT2D eigenvalue weighted by Crippen LogP contribution is 2.35. The maximum atomic E-state index is 13.4. The summed E-state index contributed by atoms with van der Waals surface area (Å²) in [4.78, 5) is 44.7. The molecule has 0 unspecified atom stereocenters. The second-order valence-corrected chi connectivity index (χ2v) is 9.98. The number of carbonyl (C=O) groups is 3. The molecule has 7 heteroatoms. The Labute approximate surface area is 179 Å². The molecule has 1 aliphatic heterocycles. The molecule has 30 heavy (non-hydrogen) atoms. The number of fused-ring (bicyclic) bond motifs is 1. The average molecular weight is 417 g/mol. The molecule has 7 nitrogen and oxygen atoms in total. The maximum Gasteiger partial charge on any atom is 0.223 e. The van der Waals surface area contributed by atoms with Gasteiger partial charge in [-0.05, 0) is 38.3 Å². The van der Waals surface area contributed by atoms with Crippen molar-refractivity contribution in [3.8, 4) is 0 Å². The van der Waals surface area contributed by atoms with Crippen LogP contribution in [0.3, 0.4) is 0 Å². The summed E-state index contributed by atoms with van der Waals surface area (Å²) in [6.07, 6.45) is 3.97. The highest BCUT2D eigenvalue weighted by Gasteiger charge is 2.36. The molecular formula is C23H36N4O3. The molecule has 1 aromatic heterocycles. The van der Waals surface area contributed by atoms with Gasteiger partial charge in [0.25, 0.3) is 0 Å². The van der Waals surface area contributed by atoms with Gasteiger partial charge >= 0.3 is 0 Å². The van der Waals surface area contributed by atoms with Crippen molar-refractivity contribution in [3.05, 3.63) is 17.2 Å². The molecule has 0 spiro atoms. The Morgan fingerprint density at radius 1 is 1.20 bits per heavy atom. The molecule has 166 valence electrons. The van der Waals surface area contributed by atoms with Crippen molar-refractivity contribution >= 4 is 17.5 Å². The fourth-order valence-corrected chi connectivity index (χ4v) is 4.73. The predicted molar refractivity (Wildman–Crippen MR) is 115 cm³/mol. The Morgan fingerprint density at radius 2 is 1.87 bits per heavy atom. The molecule has 0 saturated heterocycles. The number of hydrogen-bond donors (Lipinski definition) is 1. The second-order valence-electron chi connectivity index (χ2n) is 9.98. The number of rotatable bonds is 5. The van der Waals surface area contributed by atoms with Gasteiger partial charge in [-0.3, -0.25) is 14.4 Å². The zero-order chi connectivity index (χ0) is 22.1. The van der Waals surface area contributed by atoms with Crippen LogP contribution in [-0.4, -0.2) is 52.6 Å². The van der Waals surface area contributed by atoms with Gasteiger partial charge in [-0.2, -0.15) is 0 Å². The van der Waals surface area contributed by atoms with E-state index >= 15 is 0 Å². The van der Waals surface area contributed by atoms with Gasteiger partial charge in [0, 0.05) is 45.3 Å². The van der Waals surface area contributed by atoms with Crippen LogP contribution in [0.1, 0.15) is 87.2 Å². The van der Waals surface area contributed by atoms with Crippen LogP contribution in [0.2, 0.25) is 0 Å². The Kier molecular flexibility index (Phi) is 6.80. The lowest BCUT2D eigenvalue weighted by Gasteiger charge is -2.28. The van der Waals surface area contributed by atoms with Gasteiger partial charge in [0.05, 0.1) is 11.6 Å². The normalized spacial score (nSPS) is 19.8. The van der Waals surface area contributed by atoms with E-state index in [1.165, 1.54) is 0 Å². The van der Waals surface area contributed by atoms with E-state index in [-0.39, 0.29) is 29.4 Å². The first-order chi connectivity index (χ1) is 14.1. The van der Waals surface area contributed by atoms with E-state index in [2.05, 4.69) is 21.8 Å². The average Bonchev–Trinajstić information content (AvgIpc) is 2.91. The van der Waals surface area contributed by atoms with E-state index in [1.807, 2.05) is 20.8 Å². The molecule has 2 aliphatic rings. The van der Waals surface area contributed by atoms with Crippen molar-refractivity contribution in [3.63, 3.8) is 0 Å². The molecule has 1 amide bonds. The summed E-state index contributed by atoms with van der Waals surface area (Å²) in [5, 5.41) is 2.71. The smallest absolute Gasteiger partial charge is 0.223 e. The Balaban J connectivity index is 1.96. The quantitative estimate of drug-likeness (QED) is 0.746. The lowest BCUT2D eigenvalue weighted by Crippen LogP contribution is -2.37. The monoisotopic (exact) mass is 416 g/mol. The molecule has 1 aliphatic carbocycles. The van der Waals surface area contributed by atoms with Crippen molar-refractivity contribution in [2.45, 2.75) is 78.3 Å². The van der Waals surface area contributed by atoms with E-state index in [0.29, 0.717) is 30.9 Å². The maximum absolute atomic E-state index is 13.4. The number of carbonyl (C=O) groups excluding carboxylic acids is 3. The van der Waals surface area contributed by atoms with Crippen LogP contribution in [0.5, 0.6) is 0 Å². The number of imidazole rings is 1. The zero-order valence-electron chi connectivity index (χ0n) is 19.1. The highest BCUT2D eigenvalue weighted by atomic mass is 16.2. The number of nitrogens with zero attached hydrogens (tertiary/aromatic N) is 3. The van der Waals surface area contributed by atoms with E-state index in [0.717, 1.165) is 43.9 Å². The van der Waals surface area contributed by atoms with Gasteiger partial charge in [-0.25, -0.2) is 4.98 Å². The second kappa shape index (κ2) is 9.00. The fourth-order valence-electron chi connectivity index (χ4n) is 4.73. The van der Waals surface area contributed by atoms with E-state index in [1.54, 1.807) is 7.05 Å². The molecular weight excluding hydrogens is 380 g/mol. The van der Waals surface area contributed by atoms with Crippen LogP contribution in [-0.2, 0) is 22.7 Å². The Morgan fingerprint density at radius 3 is 2.47 bits per heavy atom. The van der Waals surface area contributed by atoms with Gasteiger partial charge in [0.2, 0.25) is 5.91 Å². The third-order valence-corrected chi connectivity index (χ3v) is 6.61. The van der Waals surface area contributed by atoms with Crippen LogP contribution >= 0.6 is 0 Å². The number of Topliss-reactive ketones (excluding diaryl/α,β-unsaturated/α-hetero) is 2. The SMILES string of the molecule is CNC(=O)[C@@H](CC(=O)c1nc(C2CCC(=O)CC2)n2c1CN(C)CCC2)C(C)(C)C. The fraction of sp³-hybridized carbons (Fsp3) is 0.739. The first kappa shape index (κ1) is 22.7. The summed E-state index contributed by atoms with van der Waals surface area (Å²) in [7, 11) is 3.68. The highest BCUT2D eigenvalue weighted by molar-refractivity contribution is 5.98. The summed E-state index contributed by atoms with van der Waals surface area (Å²) < 4.78 is 2.24. The molecule has 2 heterocycles. The summed E-state index contributed by atoms with van der Waals surface area (Å²) in [5.74, 6) is 0.933. The summed E-state index contributed by atoms with van der Waals surface area (Å²) >= 11 is 0. The van der Waals surface area contributed by atoms with Crippen molar-refractivity contribution in [2.24, 2.45) is 11.3 Å². The van der Waals surface area contributed by atoms with Crippen LogP contribution < -0.4 is 5.32 Å². The first-order valence-corrected chi connectivity index (χ1v) is 11.2. The number of aromatic nitrogens is 2. The molecule has 1 N–H and O–H groups in total. The molecule has 3 rings (SSSR count). The molecule has 0 radical (unpaired) electrons. The third-order valence-electron chi connectivity index (χ3n) is 6.61.